The minimum Gasteiger partial charge on any atom is -0.392 e. The first-order chi connectivity index (χ1) is 9.95. The van der Waals surface area contributed by atoms with Gasteiger partial charge in [-0.2, -0.15) is 0 Å². The quantitative estimate of drug-likeness (QED) is 0.799. The van der Waals surface area contributed by atoms with Gasteiger partial charge in [0.05, 0.1) is 10.6 Å². The molecule has 1 heterocycles. The molecule has 21 heavy (non-hydrogen) atoms. The van der Waals surface area contributed by atoms with Gasteiger partial charge in [-0.05, 0) is 47.8 Å². The third kappa shape index (κ3) is 4.76. The molecule has 0 spiro atoms. The van der Waals surface area contributed by atoms with Crippen molar-refractivity contribution in [1.82, 2.24) is 10.2 Å². The van der Waals surface area contributed by atoms with Gasteiger partial charge in [0.2, 0.25) is 0 Å². The topological polar surface area (TPSA) is 58.4 Å². The summed E-state index contributed by atoms with van der Waals surface area (Å²) in [6.07, 6.45) is 1.86. The number of halogens is 1. The number of piperidine rings is 1. The molecule has 6 heteroatoms. The molecular formula is C15H20BrN3OS. The Bertz CT molecular complexity index is 542. The van der Waals surface area contributed by atoms with Gasteiger partial charge in [-0.15, -0.1) is 0 Å². The molecule has 0 aliphatic carbocycles. The van der Waals surface area contributed by atoms with Crippen LogP contribution in [0.5, 0.6) is 0 Å². The maximum absolute atomic E-state index is 12.3. The lowest BCUT2D eigenvalue weighted by atomic mass is 10.0. The van der Waals surface area contributed by atoms with Crippen molar-refractivity contribution in [2.75, 3.05) is 19.6 Å². The molecule has 1 saturated heterocycles. The van der Waals surface area contributed by atoms with Crippen molar-refractivity contribution in [2.45, 2.75) is 25.8 Å². The third-order valence-corrected chi connectivity index (χ3v) is 4.49. The molecular weight excluding hydrogens is 350 g/mol. The number of aryl methyl sites for hydroxylation is 1. The zero-order chi connectivity index (χ0) is 15.4. The largest absolute Gasteiger partial charge is 0.392 e. The molecule has 0 aromatic heterocycles. The summed E-state index contributed by atoms with van der Waals surface area (Å²) in [5.74, 6) is -0.0154. The maximum atomic E-state index is 12.3. The van der Waals surface area contributed by atoms with Gasteiger partial charge in [0.1, 0.15) is 0 Å². The van der Waals surface area contributed by atoms with Crippen LogP contribution in [0.3, 0.4) is 0 Å². The minimum atomic E-state index is -0.0154. The van der Waals surface area contributed by atoms with Crippen LogP contribution in [-0.2, 0) is 0 Å². The monoisotopic (exact) mass is 369 g/mol. The SMILES string of the molecule is Cc1ccc(Br)c(C(=O)NC2CCN(CC(N)=S)CC2)c1. The Morgan fingerprint density at radius 2 is 2.14 bits per heavy atom. The number of likely N-dealkylation sites (tertiary alicyclic amines) is 1. The lowest BCUT2D eigenvalue weighted by Crippen LogP contribution is -2.46. The van der Waals surface area contributed by atoms with Crippen molar-refractivity contribution in [2.24, 2.45) is 5.73 Å². The maximum Gasteiger partial charge on any atom is 0.252 e. The number of nitrogens with two attached hydrogens (primary N) is 1. The highest BCUT2D eigenvalue weighted by Gasteiger charge is 2.22. The molecule has 1 aliphatic heterocycles. The standard InChI is InChI=1S/C15H20BrN3OS/c1-10-2-3-13(16)12(8-10)15(20)18-11-4-6-19(7-5-11)9-14(17)21/h2-3,8,11H,4-7,9H2,1H3,(H2,17,21)(H,18,20). The van der Waals surface area contributed by atoms with Crippen molar-refractivity contribution >= 4 is 39.0 Å². The van der Waals surface area contributed by atoms with Crippen molar-refractivity contribution < 1.29 is 4.79 Å². The van der Waals surface area contributed by atoms with Gasteiger partial charge >= 0.3 is 0 Å². The third-order valence-electron chi connectivity index (χ3n) is 3.67. The summed E-state index contributed by atoms with van der Waals surface area (Å²) >= 11 is 8.36. The number of hydrogen-bond donors (Lipinski definition) is 2. The van der Waals surface area contributed by atoms with Crippen molar-refractivity contribution in [3.63, 3.8) is 0 Å². The molecule has 1 aliphatic rings. The highest BCUT2D eigenvalue weighted by Crippen LogP contribution is 2.19. The van der Waals surface area contributed by atoms with Gasteiger partial charge in [0, 0.05) is 30.1 Å². The average Bonchev–Trinajstić information content (AvgIpc) is 2.43. The number of hydrogen-bond acceptors (Lipinski definition) is 3. The number of amides is 1. The van der Waals surface area contributed by atoms with Crippen LogP contribution >= 0.6 is 28.1 Å². The zero-order valence-corrected chi connectivity index (χ0v) is 14.5. The molecule has 0 radical (unpaired) electrons. The van der Waals surface area contributed by atoms with E-state index >= 15 is 0 Å². The molecule has 114 valence electrons. The first-order valence-corrected chi connectivity index (χ1v) is 8.23. The van der Waals surface area contributed by atoms with Crippen molar-refractivity contribution in [3.8, 4) is 0 Å². The fourth-order valence-electron chi connectivity index (χ4n) is 2.53. The van der Waals surface area contributed by atoms with Gasteiger partial charge in [-0.1, -0.05) is 23.8 Å². The zero-order valence-electron chi connectivity index (χ0n) is 12.1. The molecule has 1 aromatic rings. The second kappa shape index (κ2) is 7.33. The Labute approximate surface area is 139 Å². The van der Waals surface area contributed by atoms with E-state index < -0.39 is 0 Å². The van der Waals surface area contributed by atoms with E-state index in [1.165, 1.54) is 0 Å². The highest BCUT2D eigenvalue weighted by atomic mass is 79.9. The second-order valence-corrected chi connectivity index (χ2v) is 6.85. The number of benzene rings is 1. The molecule has 1 amide bonds. The summed E-state index contributed by atoms with van der Waals surface area (Å²) in [6, 6.07) is 6.01. The molecule has 0 saturated carbocycles. The smallest absolute Gasteiger partial charge is 0.252 e. The number of rotatable bonds is 4. The van der Waals surface area contributed by atoms with Gasteiger partial charge in [-0.3, -0.25) is 9.69 Å². The summed E-state index contributed by atoms with van der Waals surface area (Å²) in [6.45, 7) is 4.48. The Balaban J connectivity index is 1.90. The van der Waals surface area contributed by atoms with E-state index in [1.54, 1.807) is 0 Å². The molecule has 0 unspecified atom stereocenters. The Morgan fingerprint density at radius 1 is 1.48 bits per heavy atom. The van der Waals surface area contributed by atoms with E-state index in [0.29, 0.717) is 17.1 Å². The van der Waals surface area contributed by atoms with Crippen molar-refractivity contribution in [3.05, 3.63) is 33.8 Å². The van der Waals surface area contributed by atoms with Crippen LogP contribution in [0.4, 0.5) is 0 Å². The molecule has 0 bridgehead atoms. The van der Waals surface area contributed by atoms with Gasteiger partial charge < -0.3 is 11.1 Å². The number of carbonyl (C=O) groups excluding carboxylic acids is 1. The Morgan fingerprint density at radius 3 is 2.76 bits per heavy atom. The summed E-state index contributed by atoms with van der Waals surface area (Å²) in [5, 5.41) is 3.12. The van der Waals surface area contributed by atoms with Gasteiger partial charge in [0.15, 0.2) is 0 Å². The van der Waals surface area contributed by atoms with Crippen LogP contribution in [0.25, 0.3) is 0 Å². The van der Waals surface area contributed by atoms with Gasteiger partial charge in [0.25, 0.3) is 5.91 Å². The lowest BCUT2D eigenvalue weighted by Gasteiger charge is -2.32. The highest BCUT2D eigenvalue weighted by molar-refractivity contribution is 9.10. The molecule has 4 nitrogen and oxygen atoms in total. The average molecular weight is 370 g/mol. The van der Waals surface area contributed by atoms with E-state index in [1.807, 2.05) is 25.1 Å². The van der Waals surface area contributed by atoms with Crippen LogP contribution in [0.2, 0.25) is 0 Å². The summed E-state index contributed by atoms with van der Waals surface area (Å²) in [5.41, 5.74) is 7.33. The normalized spacial score (nSPS) is 16.7. The van der Waals surface area contributed by atoms with Crippen molar-refractivity contribution in [1.29, 1.82) is 0 Å². The molecule has 2 rings (SSSR count). The van der Waals surface area contributed by atoms with E-state index in [0.717, 1.165) is 36.0 Å². The first kappa shape index (κ1) is 16.4. The number of thiocarbonyl (C=S) groups is 1. The van der Waals surface area contributed by atoms with Crippen LogP contribution in [0, 0.1) is 6.92 Å². The summed E-state index contributed by atoms with van der Waals surface area (Å²) < 4.78 is 0.830. The number of nitrogens with zero attached hydrogens (tertiary/aromatic N) is 1. The fraction of sp³-hybridized carbons (Fsp3) is 0.467. The summed E-state index contributed by atoms with van der Waals surface area (Å²) in [7, 11) is 0. The Kier molecular flexibility index (Phi) is 5.72. The second-order valence-electron chi connectivity index (χ2n) is 5.47. The predicted molar refractivity (Wildman–Crippen MR) is 92.6 cm³/mol. The predicted octanol–water partition coefficient (Wildman–Crippen LogP) is 2.24. The van der Waals surface area contributed by atoms with E-state index in [9.17, 15) is 4.79 Å². The number of nitrogens with one attached hydrogen (secondary N) is 1. The fourth-order valence-corrected chi connectivity index (χ4v) is 3.14. The van der Waals surface area contributed by atoms with E-state index in [2.05, 4.69) is 26.1 Å². The molecule has 3 N–H and O–H groups in total. The van der Waals surface area contributed by atoms with Crippen LogP contribution in [0.1, 0.15) is 28.8 Å². The van der Waals surface area contributed by atoms with Crippen LogP contribution < -0.4 is 11.1 Å². The Hall–Kier alpha value is -0.980. The minimum absolute atomic E-state index is 0.0154. The summed E-state index contributed by atoms with van der Waals surface area (Å²) in [4.78, 5) is 15.1. The van der Waals surface area contributed by atoms with E-state index in [-0.39, 0.29) is 11.9 Å². The van der Waals surface area contributed by atoms with Crippen LogP contribution in [0.15, 0.2) is 22.7 Å². The first-order valence-electron chi connectivity index (χ1n) is 7.03. The molecule has 1 fully saturated rings. The molecule has 0 atom stereocenters. The van der Waals surface area contributed by atoms with Gasteiger partial charge in [-0.25, -0.2) is 0 Å². The van der Waals surface area contributed by atoms with Crippen LogP contribution in [-0.4, -0.2) is 41.5 Å². The lowest BCUT2D eigenvalue weighted by molar-refractivity contribution is 0.0914. The number of carbonyl (C=O) groups is 1. The van der Waals surface area contributed by atoms with E-state index in [4.69, 9.17) is 18.0 Å². The molecule has 1 aromatic carbocycles.